The number of aliphatic carboxylic acids is 1. The van der Waals surface area contributed by atoms with Gasteiger partial charge in [0.1, 0.15) is 5.69 Å². The molecule has 0 aromatic carbocycles. The van der Waals surface area contributed by atoms with Gasteiger partial charge in [0.2, 0.25) is 0 Å². The largest absolute Gasteiger partial charge is 0.478 e. The lowest BCUT2D eigenvalue weighted by atomic mass is 10.1. The first-order chi connectivity index (χ1) is 10.1. The van der Waals surface area contributed by atoms with Crippen molar-refractivity contribution in [2.24, 2.45) is 0 Å². The van der Waals surface area contributed by atoms with Gasteiger partial charge in [0.15, 0.2) is 0 Å². The zero-order valence-electron chi connectivity index (χ0n) is 11.3. The lowest BCUT2D eigenvalue weighted by molar-refractivity contribution is -0.131. The molecule has 0 spiro atoms. The molecule has 2 N–H and O–H groups in total. The number of hydrogen-bond acceptors (Lipinski definition) is 4. The number of carbonyl (C=O) groups is 2. The van der Waals surface area contributed by atoms with Crippen LogP contribution in [0.3, 0.4) is 0 Å². The second-order valence-corrected chi connectivity index (χ2v) is 4.26. The highest BCUT2D eigenvalue weighted by molar-refractivity contribution is 6.05. The van der Waals surface area contributed by atoms with Crippen molar-refractivity contribution < 1.29 is 14.7 Å². The van der Waals surface area contributed by atoms with Gasteiger partial charge in [-0.15, -0.1) is 0 Å². The highest BCUT2D eigenvalue weighted by Gasteiger charge is 2.12. The number of amides is 1. The number of rotatable bonds is 4. The van der Waals surface area contributed by atoms with Gasteiger partial charge in [-0.3, -0.25) is 14.8 Å². The van der Waals surface area contributed by atoms with E-state index in [0.717, 1.165) is 11.6 Å². The average molecular weight is 283 g/mol. The van der Waals surface area contributed by atoms with Crippen LogP contribution >= 0.6 is 0 Å². The minimum Gasteiger partial charge on any atom is -0.478 e. The van der Waals surface area contributed by atoms with Crippen LogP contribution in [0.15, 0.2) is 42.9 Å². The maximum atomic E-state index is 12.3. The molecule has 0 radical (unpaired) electrons. The van der Waals surface area contributed by atoms with Gasteiger partial charge in [-0.2, -0.15) is 0 Å². The molecule has 2 rings (SSSR count). The summed E-state index contributed by atoms with van der Waals surface area (Å²) in [7, 11) is 0. The first kappa shape index (κ1) is 14.4. The number of nitrogens with one attached hydrogen (secondary N) is 1. The Labute approximate surface area is 121 Å². The van der Waals surface area contributed by atoms with Crippen LogP contribution in [0.5, 0.6) is 0 Å². The monoisotopic (exact) mass is 283 g/mol. The normalized spacial score (nSPS) is 10.5. The zero-order valence-corrected chi connectivity index (χ0v) is 11.3. The molecule has 0 saturated heterocycles. The fourth-order valence-electron chi connectivity index (χ4n) is 1.70. The van der Waals surface area contributed by atoms with Crippen molar-refractivity contribution >= 4 is 23.6 Å². The number of carboxylic acid groups (broad SMARTS) is 1. The predicted octanol–water partition coefficient (Wildman–Crippen LogP) is 2.14. The van der Waals surface area contributed by atoms with Crippen molar-refractivity contribution in [3.05, 3.63) is 59.7 Å². The quantitative estimate of drug-likeness (QED) is 0.839. The summed E-state index contributed by atoms with van der Waals surface area (Å²) in [5.41, 5.74) is 2.05. The van der Waals surface area contributed by atoms with Gasteiger partial charge in [-0.05, 0) is 30.7 Å². The summed E-state index contributed by atoms with van der Waals surface area (Å²) in [4.78, 5) is 30.8. The number of pyridine rings is 2. The molecule has 0 unspecified atom stereocenters. The van der Waals surface area contributed by atoms with Gasteiger partial charge in [0.25, 0.3) is 5.91 Å². The molecule has 1 amide bonds. The fraction of sp³-hybridized carbons (Fsp3) is 0.0667. The number of hydrogen-bond donors (Lipinski definition) is 2. The Kier molecular flexibility index (Phi) is 4.40. The molecule has 2 heterocycles. The van der Waals surface area contributed by atoms with E-state index in [4.69, 9.17) is 5.11 Å². The first-order valence-electron chi connectivity index (χ1n) is 6.16. The molecule has 0 bridgehead atoms. The first-order valence-corrected chi connectivity index (χ1v) is 6.16. The highest BCUT2D eigenvalue weighted by Crippen LogP contribution is 2.15. The van der Waals surface area contributed by atoms with Crippen LogP contribution in [-0.2, 0) is 4.79 Å². The van der Waals surface area contributed by atoms with Gasteiger partial charge in [0.05, 0.1) is 0 Å². The Hall–Kier alpha value is -3.02. The minimum absolute atomic E-state index is 0.159. The summed E-state index contributed by atoms with van der Waals surface area (Å²) in [6.45, 7) is 1.83. The molecule has 6 nitrogen and oxygen atoms in total. The molecule has 0 atom stereocenters. The van der Waals surface area contributed by atoms with Gasteiger partial charge in [0, 0.05) is 35.9 Å². The topological polar surface area (TPSA) is 92.2 Å². The van der Waals surface area contributed by atoms with Crippen molar-refractivity contribution in [1.82, 2.24) is 9.97 Å². The minimum atomic E-state index is -1.09. The summed E-state index contributed by atoms with van der Waals surface area (Å²) in [6.07, 6.45) is 6.99. The third-order valence-corrected chi connectivity index (χ3v) is 2.73. The van der Waals surface area contributed by atoms with E-state index in [-0.39, 0.29) is 5.69 Å². The van der Waals surface area contributed by atoms with Crippen molar-refractivity contribution in [3.8, 4) is 0 Å². The third-order valence-electron chi connectivity index (χ3n) is 2.73. The Morgan fingerprint density at radius 1 is 1.29 bits per heavy atom. The van der Waals surface area contributed by atoms with Crippen LogP contribution < -0.4 is 5.32 Å². The van der Waals surface area contributed by atoms with Crippen molar-refractivity contribution in [1.29, 1.82) is 0 Å². The molecular weight excluding hydrogens is 270 g/mol. The molecule has 0 aliphatic heterocycles. The van der Waals surface area contributed by atoms with Crippen LogP contribution in [-0.4, -0.2) is 27.0 Å². The Morgan fingerprint density at radius 3 is 2.81 bits per heavy atom. The van der Waals surface area contributed by atoms with E-state index in [2.05, 4.69) is 15.3 Å². The molecule has 0 aliphatic rings. The highest BCUT2D eigenvalue weighted by atomic mass is 16.4. The SMILES string of the molecule is Cc1cnccc1NC(=O)c1ncccc1/C=C/C(=O)O. The molecule has 0 saturated carbocycles. The molecular formula is C15H13N3O3. The predicted molar refractivity (Wildman–Crippen MR) is 77.8 cm³/mol. The summed E-state index contributed by atoms with van der Waals surface area (Å²) in [5, 5.41) is 11.4. The van der Waals surface area contributed by atoms with Crippen molar-refractivity contribution in [3.63, 3.8) is 0 Å². The fourth-order valence-corrected chi connectivity index (χ4v) is 1.70. The van der Waals surface area contributed by atoms with Crippen LogP contribution in [0.2, 0.25) is 0 Å². The van der Waals surface area contributed by atoms with Gasteiger partial charge < -0.3 is 10.4 Å². The Balaban J connectivity index is 2.28. The molecule has 106 valence electrons. The van der Waals surface area contributed by atoms with E-state index in [9.17, 15) is 9.59 Å². The van der Waals surface area contributed by atoms with Crippen LogP contribution in [0.1, 0.15) is 21.6 Å². The number of nitrogens with zero attached hydrogens (tertiary/aromatic N) is 2. The molecule has 0 fully saturated rings. The maximum absolute atomic E-state index is 12.3. The smallest absolute Gasteiger partial charge is 0.328 e. The number of anilines is 1. The summed E-state index contributed by atoms with van der Waals surface area (Å²) < 4.78 is 0. The molecule has 6 heteroatoms. The number of carboxylic acids is 1. The van der Waals surface area contributed by atoms with Gasteiger partial charge >= 0.3 is 5.97 Å². The van der Waals surface area contributed by atoms with Crippen LogP contribution in [0.25, 0.3) is 6.08 Å². The number of carbonyl (C=O) groups excluding carboxylic acids is 1. The van der Waals surface area contributed by atoms with E-state index in [0.29, 0.717) is 11.3 Å². The maximum Gasteiger partial charge on any atom is 0.328 e. The molecule has 21 heavy (non-hydrogen) atoms. The molecule has 0 aliphatic carbocycles. The Morgan fingerprint density at radius 2 is 2.10 bits per heavy atom. The van der Waals surface area contributed by atoms with E-state index < -0.39 is 11.9 Å². The third kappa shape index (κ3) is 3.73. The standard InChI is InChI=1S/C15H13N3O3/c1-10-9-16-8-6-12(10)18-15(21)14-11(3-2-7-17-14)4-5-13(19)20/h2-9H,1H3,(H,19,20)(H,16,18,21)/b5-4+. The average Bonchev–Trinajstić information content (AvgIpc) is 2.47. The second kappa shape index (κ2) is 6.42. The van der Waals surface area contributed by atoms with E-state index in [1.807, 2.05) is 6.92 Å². The van der Waals surface area contributed by atoms with Crippen LogP contribution in [0, 0.1) is 6.92 Å². The van der Waals surface area contributed by atoms with E-state index in [1.165, 1.54) is 12.3 Å². The Bertz CT molecular complexity index is 711. The lowest BCUT2D eigenvalue weighted by Crippen LogP contribution is -2.16. The summed E-state index contributed by atoms with van der Waals surface area (Å²) in [6, 6.07) is 4.94. The van der Waals surface area contributed by atoms with Crippen molar-refractivity contribution in [2.45, 2.75) is 6.92 Å². The van der Waals surface area contributed by atoms with E-state index >= 15 is 0 Å². The van der Waals surface area contributed by atoms with Gasteiger partial charge in [-0.1, -0.05) is 6.07 Å². The summed E-state index contributed by atoms with van der Waals surface area (Å²) >= 11 is 0. The molecule has 2 aromatic rings. The van der Waals surface area contributed by atoms with Crippen molar-refractivity contribution in [2.75, 3.05) is 5.32 Å². The molecule has 2 aromatic heterocycles. The van der Waals surface area contributed by atoms with Crippen LogP contribution in [0.4, 0.5) is 5.69 Å². The zero-order chi connectivity index (χ0) is 15.2. The number of aryl methyl sites for hydroxylation is 1. The number of aromatic nitrogens is 2. The second-order valence-electron chi connectivity index (χ2n) is 4.26. The van der Waals surface area contributed by atoms with E-state index in [1.54, 1.807) is 30.6 Å². The lowest BCUT2D eigenvalue weighted by Gasteiger charge is -2.08. The summed E-state index contributed by atoms with van der Waals surface area (Å²) in [5.74, 6) is -1.50. The van der Waals surface area contributed by atoms with Gasteiger partial charge in [-0.25, -0.2) is 4.79 Å².